The lowest BCUT2D eigenvalue weighted by Gasteiger charge is -2.26. The standard InChI is InChI=1S/C21H14F5N5O/c1-31-19(32)21(30-20(31)27,15-6-2-5-14(29-15)17(24)25)10-8-12(16(23)13(22)9-10)11-4-3-7-28-18(11)26/h2-9,17H,1H3,(H2,27,30). The SMILES string of the molecule is CN1C(=O)C(c2cc(F)c(F)c(-c3cccnc3F)c2)(c2cccc(C(F)F)n2)N=C1N. The van der Waals surface area contributed by atoms with Gasteiger partial charge in [-0.05, 0) is 42.0 Å². The minimum absolute atomic E-state index is 0.272. The third-order valence-corrected chi connectivity index (χ3v) is 5.10. The van der Waals surface area contributed by atoms with Crippen LogP contribution in [0.3, 0.4) is 0 Å². The summed E-state index contributed by atoms with van der Waals surface area (Å²) >= 11 is 0. The van der Waals surface area contributed by atoms with Gasteiger partial charge in [-0.25, -0.2) is 32.5 Å². The highest BCUT2D eigenvalue weighted by atomic mass is 19.3. The van der Waals surface area contributed by atoms with Gasteiger partial charge in [0.05, 0.1) is 5.69 Å². The lowest BCUT2D eigenvalue weighted by atomic mass is 9.84. The molecule has 1 aliphatic rings. The lowest BCUT2D eigenvalue weighted by Crippen LogP contribution is -2.41. The van der Waals surface area contributed by atoms with Crippen LogP contribution < -0.4 is 5.73 Å². The second kappa shape index (κ2) is 7.66. The summed E-state index contributed by atoms with van der Waals surface area (Å²) in [5, 5.41) is 0. The molecule has 0 radical (unpaired) electrons. The number of amides is 1. The maximum atomic E-state index is 14.7. The Kier molecular flexibility index (Phi) is 5.11. The van der Waals surface area contributed by atoms with Gasteiger partial charge >= 0.3 is 0 Å². The van der Waals surface area contributed by atoms with Gasteiger partial charge in [-0.15, -0.1) is 0 Å². The summed E-state index contributed by atoms with van der Waals surface area (Å²) in [7, 11) is 1.28. The number of nitrogens with two attached hydrogens (primary N) is 1. The number of pyridine rings is 2. The van der Waals surface area contributed by atoms with E-state index in [9.17, 15) is 26.7 Å². The Hall–Kier alpha value is -3.89. The van der Waals surface area contributed by atoms with Crippen molar-refractivity contribution in [1.29, 1.82) is 0 Å². The molecule has 1 aromatic carbocycles. The molecule has 0 spiro atoms. The molecule has 164 valence electrons. The average Bonchev–Trinajstić information content (AvgIpc) is 3.01. The van der Waals surface area contributed by atoms with Gasteiger partial charge in [-0.2, -0.15) is 4.39 Å². The molecule has 2 aromatic heterocycles. The molecule has 2 N–H and O–H groups in total. The van der Waals surface area contributed by atoms with Crippen LogP contribution in [-0.2, 0) is 10.3 Å². The Morgan fingerprint density at radius 2 is 1.81 bits per heavy atom. The first kappa shape index (κ1) is 21.3. The Morgan fingerprint density at radius 1 is 1.06 bits per heavy atom. The number of likely N-dealkylation sites (N-methyl/N-ethyl adjacent to an activating group) is 1. The van der Waals surface area contributed by atoms with Crippen molar-refractivity contribution in [2.45, 2.75) is 12.0 Å². The Labute approximate surface area is 178 Å². The lowest BCUT2D eigenvalue weighted by molar-refractivity contribution is -0.129. The number of carbonyl (C=O) groups excluding carboxylic acids is 1. The molecule has 1 aliphatic heterocycles. The molecule has 32 heavy (non-hydrogen) atoms. The van der Waals surface area contributed by atoms with Crippen molar-refractivity contribution in [3.05, 3.63) is 83.2 Å². The van der Waals surface area contributed by atoms with Gasteiger partial charge in [0.25, 0.3) is 12.3 Å². The minimum atomic E-state index is -2.97. The molecule has 3 heterocycles. The van der Waals surface area contributed by atoms with Crippen LogP contribution in [0.2, 0.25) is 0 Å². The zero-order chi connectivity index (χ0) is 23.2. The van der Waals surface area contributed by atoms with Crippen molar-refractivity contribution < 1.29 is 26.7 Å². The summed E-state index contributed by atoms with van der Waals surface area (Å²) in [6.45, 7) is 0. The van der Waals surface area contributed by atoms with E-state index in [-0.39, 0.29) is 22.8 Å². The van der Waals surface area contributed by atoms with Crippen LogP contribution in [0.5, 0.6) is 0 Å². The van der Waals surface area contributed by atoms with Gasteiger partial charge in [0.2, 0.25) is 11.5 Å². The monoisotopic (exact) mass is 447 g/mol. The number of benzene rings is 1. The first-order valence-corrected chi connectivity index (χ1v) is 9.16. The van der Waals surface area contributed by atoms with Crippen molar-refractivity contribution in [3.63, 3.8) is 0 Å². The van der Waals surface area contributed by atoms with E-state index < -0.39 is 46.7 Å². The zero-order valence-corrected chi connectivity index (χ0v) is 16.4. The van der Waals surface area contributed by atoms with Crippen LogP contribution >= 0.6 is 0 Å². The highest BCUT2D eigenvalue weighted by molar-refractivity contribution is 6.08. The number of aliphatic imine (C=N–C) groups is 1. The molecular weight excluding hydrogens is 433 g/mol. The van der Waals surface area contributed by atoms with Crippen LogP contribution in [-0.4, -0.2) is 33.8 Å². The van der Waals surface area contributed by atoms with Crippen LogP contribution in [0.15, 0.2) is 53.7 Å². The number of hydrogen-bond donors (Lipinski definition) is 1. The summed E-state index contributed by atoms with van der Waals surface area (Å²) in [6.07, 6.45) is -1.84. The molecule has 0 aliphatic carbocycles. The number of guanidine groups is 1. The summed E-state index contributed by atoms with van der Waals surface area (Å²) in [5.74, 6) is -5.01. The smallest absolute Gasteiger partial charge is 0.280 e. The summed E-state index contributed by atoms with van der Waals surface area (Å²) in [5.41, 5.74) is 1.50. The van der Waals surface area contributed by atoms with Crippen LogP contribution in [0.4, 0.5) is 22.0 Å². The number of halogens is 5. The van der Waals surface area contributed by atoms with E-state index in [1.807, 2.05) is 0 Å². The van der Waals surface area contributed by atoms with E-state index >= 15 is 0 Å². The second-order valence-electron chi connectivity index (χ2n) is 6.95. The molecule has 6 nitrogen and oxygen atoms in total. The van der Waals surface area contributed by atoms with Crippen LogP contribution in [0, 0.1) is 17.6 Å². The minimum Gasteiger partial charge on any atom is -0.369 e. The maximum absolute atomic E-state index is 14.7. The van der Waals surface area contributed by atoms with Crippen molar-refractivity contribution in [1.82, 2.24) is 14.9 Å². The molecule has 0 bridgehead atoms. The van der Waals surface area contributed by atoms with Crippen LogP contribution in [0.1, 0.15) is 23.4 Å². The molecule has 11 heteroatoms. The first-order valence-electron chi connectivity index (χ1n) is 9.16. The normalized spacial score (nSPS) is 18.4. The number of nitrogens with zero attached hydrogens (tertiary/aromatic N) is 4. The second-order valence-corrected chi connectivity index (χ2v) is 6.95. The Morgan fingerprint density at radius 3 is 2.44 bits per heavy atom. The molecule has 0 saturated carbocycles. The maximum Gasteiger partial charge on any atom is 0.280 e. The predicted molar refractivity (Wildman–Crippen MR) is 104 cm³/mol. The molecule has 4 rings (SSSR count). The number of alkyl halides is 2. The van der Waals surface area contributed by atoms with Gasteiger partial charge in [-0.1, -0.05) is 6.07 Å². The number of aromatic nitrogens is 2. The fourth-order valence-electron chi connectivity index (χ4n) is 3.50. The third kappa shape index (κ3) is 3.17. The van der Waals surface area contributed by atoms with Crippen molar-refractivity contribution >= 4 is 11.9 Å². The quantitative estimate of drug-likeness (QED) is 0.490. The van der Waals surface area contributed by atoms with Gasteiger partial charge < -0.3 is 5.73 Å². The van der Waals surface area contributed by atoms with Gasteiger partial charge in [-0.3, -0.25) is 9.69 Å². The number of hydrogen-bond acceptors (Lipinski definition) is 5. The topological polar surface area (TPSA) is 84.5 Å². The molecule has 0 fully saturated rings. The van der Waals surface area contributed by atoms with Crippen molar-refractivity contribution in [3.8, 4) is 11.1 Å². The molecular formula is C21H14F5N5O. The summed E-state index contributed by atoms with van der Waals surface area (Å²) in [4.78, 5) is 25.5. The van der Waals surface area contributed by atoms with Gasteiger partial charge in [0.1, 0.15) is 5.69 Å². The van der Waals surface area contributed by atoms with Gasteiger partial charge in [0.15, 0.2) is 17.6 Å². The van der Waals surface area contributed by atoms with Crippen molar-refractivity contribution in [2.24, 2.45) is 10.7 Å². The van der Waals surface area contributed by atoms with E-state index in [0.717, 1.165) is 23.2 Å². The molecule has 1 unspecified atom stereocenters. The van der Waals surface area contributed by atoms with E-state index in [1.54, 1.807) is 0 Å². The van der Waals surface area contributed by atoms with E-state index in [1.165, 1.54) is 31.3 Å². The predicted octanol–water partition coefficient (Wildman–Crippen LogP) is 3.53. The fraction of sp³-hybridized carbons (Fsp3) is 0.143. The highest BCUT2D eigenvalue weighted by Gasteiger charge is 2.51. The van der Waals surface area contributed by atoms with Crippen LogP contribution in [0.25, 0.3) is 11.1 Å². The van der Waals surface area contributed by atoms with E-state index in [2.05, 4.69) is 15.0 Å². The molecule has 0 saturated heterocycles. The fourth-order valence-corrected chi connectivity index (χ4v) is 3.50. The van der Waals surface area contributed by atoms with E-state index in [0.29, 0.717) is 6.07 Å². The Balaban J connectivity index is 2.04. The molecule has 1 amide bonds. The third-order valence-electron chi connectivity index (χ3n) is 5.10. The summed E-state index contributed by atoms with van der Waals surface area (Å²) < 4.78 is 70.1. The molecule has 3 aromatic rings. The van der Waals surface area contributed by atoms with Gasteiger partial charge in [0, 0.05) is 24.4 Å². The first-order chi connectivity index (χ1) is 15.2. The number of rotatable bonds is 4. The largest absolute Gasteiger partial charge is 0.369 e. The van der Waals surface area contributed by atoms with Crippen molar-refractivity contribution in [2.75, 3.05) is 7.05 Å². The number of carbonyl (C=O) groups is 1. The highest BCUT2D eigenvalue weighted by Crippen LogP contribution is 2.41. The average molecular weight is 447 g/mol. The zero-order valence-electron chi connectivity index (χ0n) is 16.4. The van der Waals surface area contributed by atoms with E-state index in [4.69, 9.17) is 5.73 Å². The molecule has 1 atom stereocenters. The Bertz CT molecular complexity index is 1270. The summed E-state index contributed by atoms with van der Waals surface area (Å²) in [6, 6.07) is 7.68.